The average molecular weight is 357 g/mol. The number of H-pyrrole nitrogens is 1. The number of aromatic nitrogens is 1. The van der Waals surface area contributed by atoms with Crippen LogP contribution in [-0.2, 0) is 9.53 Å². The van der Waals surface area contributed by atoms with E-state index < -0.39 is 12.1 Å². The number of rotatable bonds is 4. The van der Waals surface area contributed by atoms with Crippen LogP contribution >= 0.6 is 0 Å². The summed E-state index contributed by atoms with van der Waals surface area (Å²) in [6, 6.07) is 5.44. The van der Waals surface area contributed by atoms with Gasteiger partial charge in [0.2, 0.25) is 0 Å². The summed E-state index contributed by atoms with van der Waals surface area (Å²) in [5.74, 6) is -0.581. The van der Waals surface area contributed by atoms with E-state index in [2.05, 4.69) is 16.8 Å². The van der Waals surface area contributed by atoms with E-state index in [1.165, 1.54) is 0 Å². The van der Waals surface area contributed by atoms with Gasteiger partial charge in [-0.05, 0) is 51.1 Å². The average Bonchev–Trinajstić information content (AvgIpc) is 2.94. The number of nitrogens with zero attached hydrogens (tertiary/aromatic N) is 2. The van der Waals surface area contributed by atoms with Crippen molar-refractivity contribution in [3.63, 3.8) is 0 Å². The lowest BCUT2D eigenvalue weighted by Gasteiger charge is -2.35. The number of aromatic amines is 1. The number of nitrogens with one attached hydrogen (secondary N) is 1. The van der Waals surface area contributed by atoms with Crippen LogP contribution in [0.25, 0.3) is 10.9 Å². The predicted octanol–water partition coefficient (Wildman–Crippen LogP) is 2.49. The van der Waals surface area contributed by atoms with E-state index in [1.54, 1.807) is 17.9 Å². The SMILES string of the molecule is CCN1CCN(C(=O)[C@H](C)OC(=O)c2ccc3[nH]c(C)c(C)c3c2)CC1. The van der Waals surface area contributed by atoms with Gasteiger partial charge in [-0.1, -0.05) is 6.92 Å². The third kappa shape index (κ3) is 3.60. The largest absolute Gasteiger partial charge is 0.449 e. The molecule has 0 bridgehead atoms. The first-order valence-corrected chi connectivity index (χ1v) is 9.21. The lowest BCUT2D eigenvalue weighted by Crippen LogP contribution is -2.51. The summed E-state index contributed by atoms with van der Waals surface area (Å²) in [4.78, 5) is 32.4. The van der Waals surface area contributed by atoms with E-state index in [1.807, 2.05) is 26.0 Å². The van der Waals surface area contributed by atoms with Crippen LogP contribution in [-0.4, -0.2) is 65.5 Å². The number of likely N-dealkylation sites (N-methyl/N-ethyl adjacent to an activating group) is 1. The van der Waals surface area contributed by atoms with Gasteiger partial charge in [-0.2, -0.15) is 0 Å². The normalized spacial score (nSPS) is 16.7. The number of hydrogen-bond acceptors (Lipinski definition) is 4. The topological polar surface area (TPSA) is 65.6 Å². The van der Waals surface area contributed by atoms with Gasteiger partial charge in [0.1, 0.15) is 0 Å². The Morgan fingerprint density at radius 3 is 2.54 bits per heavy atom. The van der Waals surface area contributed by atoms with Crippen molar-refractivity contribution < 1.29 is 14.3 Å². The van der Waals surface area contributed by atoms with Crippen molar-refractivity contribution in [3.8, 4) is 0 Å². The Morgan fingerprint density at radius 1 is 1.19 bits per heavy atom. The molecule has 1 fully saturated rings. The van der Waals surface area contributed by atoms with Gasteiger partial charge in [0, 0.05) is 42.8 Å². The number of ether oxygens (including phenoxy) is 1. The number of carbonyl (C=O) groups is 2. The van der Waals surface area contributed by atoms with Crippen LogP contribution < -0.4 is 0 Å². The number of hydrogen-bond donors (Lipinski definition) is 1. The molecule has 0 radical (unpaired) electrons. The fourth-order valence-corrected chi connectivity index (χ4v) is 3.41. The Balaban J connectivity index is 1.65. The molecule has 1 atom stereocenters. The molecule has 1 amide bonds. The van der Waals surface area contributed by atoms with Gasteiger partial charge in [-0.25, -0.2) is 4.79 Å². The molecule has 6 nitrogen and oxygen atoms in total. The van der Waals surface area contributed by atoms with E-state index in [4.69, 9.17) is 4.74 Å². The monoisotopic (exact) mass is 357 g/mol. The molecule has 2 aromatic rings. The van der Waals surface area contributed by atoms with Crippen LogP contribution in [0.15, 0.2) is 18.2 Å². The molecular formula is C20H27N3O3. The number of piperazine rings is 1. The molecule has 0 saturated carbocycles. The van der Waals surface area contributed by atoms with Crippen molar-refractivity contribution in [2.24, 2.45) is 0 Å². The summed E-state index contributed by atoms with van der Waals surface area (Å²) in [5, 5.41) is 1.01. The molecule has 0 aliphatic carbocycles. The van der Waals surface area contributed by atoms with Crippen LogP contribution in [0.2, 0.25) is 0 Å². The summed E-state index contributed by atoms with van der Waals surface area (Å²) in [6.45, 7) is 11.9. The zero-order chi connectivity index (χ0) is 18.8. The highest BCUT2D eigenvalue weighted by Gasteiger charge is 2.27. The van der Waals surface area contributed by atoms with Crippen LogP contribution in [0.5, 0.6) is 0 Å². The number of aryl methyl sites for hydroxylation is 2. The molecule has 0 unspecified atom stereocenters. The van der Waals surface area contributed by atoms with Crippen LogP contribution in [0.1, 0.15) is 35.5 Å². The quantitative estimate of drug-likeness (QED) is 0.854. The lowest BCUT2D eigenvalue weighted by molar-refractivity contribution is -0.141. The molecule has 6 heteroatoms. The summed E-state index contributed by atoms with van der Waals surface area (Å²) in [7, 11) is 0. The van der Waals surface area contributed by atoms with E-state index in [0.717, 1.165) is 41.8 Å². The van der Waals surface area contributed by atoms with E-state index in [9.17, 15) is 9.59 Å². The maximum absolute atomic E-state index is 12.6. The Morgan fingerprint density at radius 2 is 1.88 bits per heavy atom. The first-order chi connectivity index (χ1) is 12.4. The number of esters is 1. The molecule has 26 heavy (non-hydrogen) atoms. The maximum Gasteiger partial charge on any atom is 0.338 e. The minimum atomic E-state index is -0.777. The van der Waals surface area contributed by atoms with Gasteiger partial charge in [0.05, 0.1) is 5.56 Å². The minimum Gasteiger partial charge on any atom is -0.449 e. The van der Waals surface area contributed by atoms with E-state index >= 15 is 0 Å². The van der Waals surface area contributed by atoms with Crippen molar-refractivity contribution in [1.29, 1.82) is 0 Å². The molecule has 2 heterocycles. The van der Waals surface area contributed by atoms with Crippen molar-refractivity contribution in [2.45, 2.75) is 33.8 Å². The molecule has 1 saturated heterocycles. The van der Waals surface area contributed by atoms with Gasteiger partial charge < -0.3 is 19.5 Å². The molecule has 3 rings (SSSR count). The van der Waals surface area contributed by atoms with Gasteiger partial charge in [-0.15, -0.1) is 0 Å². The fourth-order valence-electron chi connectivity index (χ4n) is 3.41. The smallest absolute Gasteiger partial charge is 0.338 e. The fraction of sp³-hybridized carbons (Fsp3) is 0.500. The summed E-state index contributed by atoms with van der Waals surface area (Å²) >= 11 is 0. The van der Waals surface area contributed by atoms with Crippen molar-refractivity contribution in [1.82, 2.24) is 14.8 Å². The van der Waals surface area contributed by atoms with Crippen molar-refractivity contribution in [2.75, 3.05) is 32.7 Å². The lowest BCUT2D eigenvalue weighted by atomic mass is 10.1. The summed E-state index contributed by atoms with van der Waals surface area (Å²) in [5.41, 5.74) is 3.66. The zero-order valence-electron chi connectivity index (χ0n) is 16.0. The highest BCUT2D eigenvalue weighted by Crippen LogP contribution is 2.23. The van der Waals surface area contributed by atoms with E-state index in [0.29, 0.717) is 18.7 Å². The first-order valence-electron chi connectivity index (χ1n) is 9.21. The van der Waals surface area contributed by atoms with Gasteiger partial charge in [-0.3, -0.25) is 4.79 Å². The molecular weight excluding hydrogens is 330 g/mol. The number of carbonyl (C=O) groups excluding carboxylic acids is 2. The second-order valence-electron chi connectivity index (χ2n) is 6.94. The van der Waals surface area contributed by atoms with Crippen molar-refractivity contribution >= 4 is 22.8 Å². The molecule has 1 aliphatic rings. The van der Waals surface area contributed by atoms with Crippen LogP contribution in [0, 0.1) is 13.8 Å². The second-order valence-corrected chi connectivity index (χ2v) is 6.94. The van der Waals surface area contributed by atoms with Crippen LogP contribution in [0.4, 0.5) is 0 Å². The molecule has 0 spiro atoms. The van der Waals surface area contributed by atoms with Crippen LogP contribution in [0.3, 0.4) is 0 Å². The molecule has 1 N–H and O–H groups in total. The highest BCUT2D eigenvalue weighted by molar-refractivity contribution is 5.97. The Labute approximate surface area is 154 Å². The van der Waals surface area contributed by atoms with Gasteiger partial charge in [0.25, 0.3) is 5.91 Å². The summed E-state index contributed by atoms with van der Waals surface area (Å²) in [6.07, 6.45) is -0.777. The number of benzene rings is 1. The molecule has 1 aliphatic heterocycles. The number of fused-ring (bicyclic) bond motifs is 1. The zero-order valence-corrected chi connectivity index (χ0v) is 16.0. The van der Waals surface area contributed by atoms with Gasteiger partial charge >= 0.3 is 5.97 Å². The Hall–Kier alpha value is -2.34. The second kappa shape index (κ2) is 7.50. The summed E-state index contributed by atoms with van der Waals surface area (Å²) < 4.78 is 5.45. The Bertz CT molecular complexity index is 819. The molecule has 1 aromatic carbocycles. The predicted molar refractivity (Wildman–Crippen MR) is 101 cm³/mol. The van der Waals surface area contributed by atoms with Crippen molar-refractivity contribution in [3.05, 3.63) is 35.0 Å². The number of amides is 1. The third-order valence-electron chi connectivity index (χ3n) is 5.31. The van der Waals surface area contributed by atoms with E-state index in [-0.39, 0.29) is 5.91 Å². The molecule has 1 aromatic heterocycles. The van der Waals surface area contributed by atoms with Gasteiger partial charge in [0.15, 0.2) is 6.10 Å². The Kier molecular flexibility index (Phi) is 5.32. The highest BCUT2D eigenvalue weighted by atomic mass is 16.5. The third-order valence-corrected chi connectivity index (χ3v) is 5.31. The standard InChI is InChI=1S/C20H27N3O3/c1-5-22-8-10-23(11-9-22)19(24)15(4)26-20(25)16-6-7-18-17(12-16)13(2)14(3)21-18/h6-7,12,15,21H,5,8-11H2,1-4H3/t15-/m0/s1. The maximum atomic E-state index is 12.6. The minimum absolute atomic E-state index is 0.121. The first kappa shape index (κ1) is 18.5. The molecule has 140 valence electrons.